The van der Waals surface area contributed by atoms with Gasteiger partial charge in [-0.3, -0.25) is 0 Å². The summed E-state index contributed by atoms with van der Waals surface area (Å²) in [5.41, 5.74) is 1.99. The minimum Gasteiger partial charge on any atom is -0.492 e. The van der Waals surface area contributed by atoms with Crippen molar-refractivity contribution in [3.05, 3.63) is 32.7 Å². The average molecular weight is 495 g/mol. The van der Waals surface area contributed by atoms with Crippen molar-refractivity contribution in [2.24, 2.45) is 5.16 Å². The molecule has 4 nitrogen and oxygen atoms in total. The maximum absolute atomic E-state index is 6.41. The minimum absolute atomic E-state index is 0.374. The van der Waals surface area contributed by atoms with E-state index in [2.05, 4.69) is 28.0 Å². The van der Waals surface area contributed by atoms with Gasteiger partial charge in [-0.2, -0.15) is 0 Å². The smallest absolute Gasteiger partial charge is 0.141 e. The van der Waals surface area contributed by atoms with Crippen LogP contribution in [0.25, 0.3) is 0 Å². The lowest BCUT2D eigenvalue weighted by molar-refractivity contribution is 0.139. The number of ether oxygens (including phenoxy) is 2. The van der Waals surface area contributed by atoms with Gasteiger partial charge in [0.05, 0.1) is 21.3 Å². The number of aryl methyl sites for hydroxylation is 1. The lowest BCUT2D eigenvalue weighted by Gasteiger charge is -2.14. The Labute approximate surface area is 187 Å². The Morgan fingerprint density at radius 2 is 1.75 bits per heavy atom. The molecule has 0 saturated carbocycles. The zero-order valence-corrected chi connectivity index (χ0v) is 20.0. The summed E-state index contributed by atoms with van der Waals surface area (Å²) in [4.78, 5) is 5.19. The molecule has 0 aromatic heterocycles. The van der Waals surface area contributed by atoms with Crippen molar-refractivity contribution in [2.75, 3.05) is 19.8 Å². The molecule has 0 aliphatic carbocycles. The zero-order valence-electron chi connectivity index (χ0n) is 16.9. The van der Waals surface area contributed by atoms with Crippen molar-refractivity contribution < 1.29 is 14.3 Å². The van der Waals surface area contributed by atoms with Crippen LogP contribution in [-0.4, -0.2) is 25.5 Å². The second-order valence-corrected chi connectivity index (χ2v) is 8.66. The van der Waals surface area contributed by atoms with Crippen molar-refractivity contribution in [1.29, 1.82) is 0 Å². The van der Waals surface area contributed by atoms with Gasteiger partial charge in [-0.15, -0.1) is 0 Å². The molecule has 1 aromatic rings. The van der Waals surface area contributed by atoms with Gasteiger partial charge in [-0.05, 0) is 73.2 Å². The highest BCUT2D eigenvalue weighted by atomic mass is 79.9. The van der Waals surface area contributed by atoms with E-state index in [1.54, 1.807) is 12.1 Å². The summed E-state index contributed by atoms with van der Waals surface area (Å²) < 4.78 is 12.1. The SMILES string of the molecule is CCc1cc(OC/C=C(/Cl)Br)cc(Cl)c1OCCCCCCCON=C(C)C. The molecule has 0 N–H and O–H groups in total. The van der Waals surface area contributed by atoms with Gasteiger partial charge in [-0.25, -0.2) is 0 Å². The van der Waals surface area contributed by atoms with Crippen LogP contribution in [0.4, 0.5) is 0 Å². The topological polar surface area (TPSA) is 40.0 Å². The van der Waals surface area contributed by atoms with Crippen LogP contribution in [0.2, 0.25) is 5.02 Å². The van der Waals surface area contributed by atoms with Gasteiger partial charge in [0, 0.05) is 6.07 Å². The number of hydrogen-bond donors (Lipinski definition) is 0. The van der Waals surface area contributed by atoms with Gasteiger partial charge in [0.1, 0.15) is 24.7 Å². The Hall–Kier alpha value is -0.910. The predicted octanol–water partition coefficient (Wildman–Crippen LogP) is 7.50. The van der Waals surface area contributed by atoms with E-state index >= 15 is 0 Å². The van der Waals surface area contributed by atoms with E-state index in [1.165, 1.54) is 0 Å². The highest BCUT2D eigenvalue weighted by Gasteiger charge is 2.11. The van der Waals surface area contributed by atoms with Crippen molar-refractivity contribution in [1.82, 2.24) is 0 Å². The highest BCUT2D eigenvalue weighted by Crippen LogP contribution is 2.34. The van der Waals surface area contributed by atoms with Gasteiger partial charge < -0.3 is 14.3 Å². The maximum Gasteiger partial charge on any atom is 0.141 e. The lowest BCUT2D eigenvalue weighted by atomic mass is 10.1. The van der Waals surface area contributed by atoms with E-state index in [4.69, 9.17) is 37.5 Å². The standard InChI is InChI=1S/C21H30BrCl2NO3/c1-4-17-14-18(26-13-10-20(22)24)15-19(23)21(17)27-11-8-6-5-7-9-12-28-25-16(2)3/h10,14-15H,4-9,11-13H2,1-3H3/b20-10+. The third-order valence-corrected chi connectivity index (χ3v) is 4.59. The first-order valence-corrected chi connectivity index (χ1v) is 11.2. The molecule has 0 saturated heterocycles. The molecule has 0 atom stereocenters. The Kier molecular flexibility index (Phi) is 13.5. The minimum atomic E-state index is 0.374. The van der Waals surface area contributed by atoms with E-state index in [-0.39, 0.29) is 0 Å². The fraction of sp³-hybridized carbons (Fsp3) is 0.571. The normalized spacial score (nSPS) is 11.3. The highest BCUT2D eigenvalue weighted by molar-refractivity contribution is 9.12. The summed E-state index contributed by atoms with van der Waals surface area (Å²) in [6.45, 7) is 7.64. The quantitative estimate of drug-likeness (QED) is 0.153. The monoisotopic (exact) mass is 493 g/mol. The largest absolute Gasteiger partial charge is 0.492 e. The molecule has 158 valence electrons. The van der Waals surface area contributed by atoms with Gasteiger partial charge >= 0.3 is 0 Å². The van der Waals surface area contributed by atoms with Crippen LogP contribution < -0.4 is 9.47 Å². The van der Waals surface area contributed by atoms with Crippen LogP contribution in [0.1, 0.15) is 58.4 Å². The second-order valence-electron chi connectivity index (χ2n) is 6.54. The summed E-state index contributed by atoms with van der Waals surface area (Å²) in [5, 5.41) is 4.50. The Bertz CT molecular complexity index is 643. The number of nitrogens with zero attached hydrogens (tertiary/aromatic N) is 1. The number of rotatable bonds is 14. The molecular formula is C21H30BrCl2NO3. The number of benzene rings is 1. The average Bonchev–Trinajstić information content (AvgIpc) is 2.63. The summed E-state index contributed by atoms with van der Waals surface area (Å²) in [5.74, 6) is 1.47. The number of oxime groups is 1. The third kappa shape index (κ3) is 11.2. The molecule has 0 bridgehead atoms. The molecule has 7 heteroatoms. The van der Waals surface area contributed by atoms with E-state index < -0.39 is 0 Å². The van der Waals surface area contributed by atoms with Gasteiger partial charge in [0.25, 0.3) is 0 Å². The van der Waals surface area contributed by atoms with Gasteiger partial charge in [0.15, 0.2) is 0 Å². The van der Waals surface area contributed by atoms with Gasteiger partial charge in [-0.1, -0.05) is 48.1 Å². The molecule has 1 aromatic carbocycles. The van der Waals surface area contributed by atoms with E-state index in [0.29, 0.717) is 34.5 Å². The molecule has 0 unspecified atom stereocenters. The van der Waals surface area contributed by atoms with E-state index in [0.717, 1.165) is 55.5 Å². The summed E-state index contributed by atoms with van der Waals surface area (Å²) in [6, 6.07) is 3.75. The molecule has 0 amide bonds. The fourth-order valence-corrected chi connectivity index (χ4v) is 2.96. The summed E-state index contributed by atoms with van der Waals surface area (Å²) in [6.07, 6.45) is 8.00. The van der Waals surface area contributed by atoms with E-state index in [9.17, 15) is 0 Å². The van der Waals surface area contributed by atoms with Crippen molar-refractivity contribution in [3.63, 3.8) is 0 Å². The lowest BCUT2D eigenvalue weighted by Crippen LogP contribution is -2.02. The third-order valence-electron chi connectivity index (χ3n) is 3.84. The first kappa shape index (κ1) is 25.1. The van der Waals surface area contributed by atoms with E-state index in [1.807, 2.05) is 19.9 Å². The molecule has 0 spiro atoms. The molecule has 0 heterocycles. The molecule has 0 fully saturated rings. The van der Waals surface area contributed by atoms with Crippen molar-refractivity contribution in [3.8, 4) is 11.5 Å². The second kappa shape index (κ2) is 15.0. The Morgan fingerprint density at radius 3 is 2.39 bits per heavy atom. The van der Waals surface area contributed by atoms with Crippen LogP contribution in [0.5, 0.6) is 11.5 Å². The Morgan fingerprint density at radius 1 is 1.07 bits per heavy atom. The summed E-state index contributed by atoms with van der Waals surface area (Å²) >= 11 is 15.3. The zero-order chi connectivity index (χ0) is 20.8. The molecule has 1 rings (SSSR count). The molecule has 0 aliphatic heterocycles. The van der Waals surface area contributed by atoms with Crippen LogP contribution in [0.15, 0.2) is 27.3 Å². The first-order valence-electron chi connectivity index (χ1n) is 9.66. The maximum atomic E-state index is 6.41. The van der Waals surface area contributed by atoms with Crippen LogP contribution in [-0.2, 0) is 11.3 Å². The van der Waals surface area contributed by atoms with Crippen LogP contribution >= 0.6 is 39.1 Å². The summed E-state index contributed by atoms with van der Waals surface area (Å²) in [7, 11) is 0. The number of hydrogen-bond acceptors (Lipinski definition) is 4. The molecule has 28 heavy (non-hydrogen) atoms. The number of unbranched alkanes of at least 4 members (excludes halogenated alkanes) is 4. The van der Waals surface area contributed by atoms with Gasteiger partial charge in [0.2, 0.25) is 0 Å². The Balaban J connectivity index is 2.33. The number of halogens is 3. The van der Waals surface area contributed by atoms with Crippen molar-refractivity contribution >= 4 is 44.8 Å². The predicted molar refractivity (Wildman–Crippen MR) is 123 cm³/mol. The van der Waals surface area contributed by atoms with Crippen molar-refractivity contribution in [2.45, 2.75) is 59.3 Å². The molecular weight excluding hydrogens is 465 g/mol. The molecule has 0 radical (unpaired) electrons. The fourth-order valence-electron chi connectivity index (χ4n) is 2.48. The first-order chi connectivity index (χ1) is 13.4. The van der Waals surface area contributed by atoms with Crippen LogP contribution in [0.3, 0.4) is 0 Å². The van der Waals surface area contributed by atoms with Crippen LogP contribution in [0, 0.1) is 0 Å². The molecule has 0 aliphatic rings.